The van der Waals surface area contributed by atoms with Crippen molar-refractivity contribution in [3.05, 3.63) is 70.3 Å². The van der Waals surface area contributed by atoms with Crippen molar-refractivity contribution in [3.63, 3.8) is 0 Å². The van der Waals surface area contributed by atoms with E-state index < -0.39 is 0 Å². The van der Waals surface area contributed by atoms with Gasteiger partial charge in [0, 0.05) is 6.20 Å². The topological polar surface area (TPSA) is 64.7 Å². The summed E-state index contributed by atoms with van der Waals surface area (Å²) >= 11 is 6.17. The number of rotatable bonds is 6. The lowest BCUT2D eigenvalue weighted by Gasteiger charge is -2.16. The minimum Gasteiger partial charge on any atom is -0.344 e. The van der Waals surface area contributed by atoms with E-state index in [1.54, 1.807) is 21.6 Å². The van der Waals surface area contributed by atoms with Crippen molar-refractivity contribution in [3.8, 4) is 0 Å². The molecule has 0 fully saturated rings. The summed E-state index contributed by atoms with van der Waals surface area (Å²) in [5.41, 5.74) is 3.12. The summed E-state index contributed by atoms with van der Waals surface area (Å²) in [6.45, 7) is 6.22. The van der Waals surface area contributed by atoms with Crippen LogP contribution in [-0.2, 0) is 6.67 Å². The molecular weight excluding hydrogens is 350 g/mol. The van der Waals surface area contributed by atoms with E-state index in [0.717, 1.165) is 23.4 Å². The highest BCUT2D eigenvalue weighted by molar-refractivity contribution is 6.31. The molecule has 0 saturated heterocycles. The number of amides is 1. The van der Waals surface area contributed by atoms with Gasteiger partial charge in [-0.15, -0.1) is 0 Å². The molecule has 0 aliphatic heterocycles. The van der Waals surface area contributed by atoms with Crippen LogP contribution in [0, 0.1) is 13.8 Å². The van der Waals surface area contributed by atoms with Crippen LogP contribution < -0.4 is 5.32 Å². The fourth-order valence-corrected chi connectivity index (χ4v) is 2.99. The van der Waals surface area contributed by atoms with Gasteiger partial charge in [0.05, 0.1) is 22.5 Å². The Morgan fingerprint density at radius 1 is 1.19 bits per heavy atom. The molecule has 7 heteroatoms. The summed E-state index contributed by atoms with van der Waals surface area (Å²) in [6, 6.07) is 11.6. The van der Waals surface area contributed by atoms with Crippen molar-refractivity contribution in [2.45, 2.75) is 39.9 Å². The molecule has 0 spiro atoms. The van der Waals surface area contributed by atoms with Crippen LogP contribution >= 0.6 is 11.6 Å². The number of nitrogens with one attached hydrogen (secondary N) is 1. The molecule has 26 heavy (non-hydrogen) atoms. The largest absolute Gasteiger partial charge is 0.344 e. The highest BCUT2D eigenvalue weighted by Crippen LogP contribution is 2.19. The van der Waals surface area contributed by atoms with Gasteiger partial charge in [0.25, 0.3) is 5.91 Å². The molecule has 0 radical (unpaired) electrons. The first-order chi connectivity index (χ1) is 12.5. The number of halogens is 1. The third-order valence-corrected chi connectivity index (χ3v) is 4.91. The number of benzene rings is 1. The van der Waals surface area contributed by atoms with Gasteiger partial charge in [0.15, 0.2) is 0 Å². The molecule has 6 nitrogen and oxygen atoms in total. The standard InChI is InChI=1S/C19H22ClN5O/c1-4-16(15-8-6-5-7-9-15)21-19(26)17-10-11-24(23-17)12-25-14(3)18(20)13(2)22-25/h5-11,16H,4,12H2,1-3H3,(H,21,26). The second-order valence-corrected chi connectivity index (χ2v) is 6.59. The predicted octanol–water partition coefficient (Wildman–Crippen LogP) is 3.74. The van der Waals surface area contributed by atoms with E-state index in [-0.39, 0.29) is 11.9 Å². The first kappa shape index (κ1) is 18.2. The molecule has 1 aromatic carbocycles. The van der Waals surface area contributed by atoms with Crippen LogP contribution in [0.2, 0.25) is 5.02 Å². The van der Waals surface area contributed by atoms with E-state index in [1.165, 1.54) is 0 Å². The molecule has 0 saturated carbocycles. The van der Waals surface area contributed by atoms with Crippen LogP contribution in [0.25, 0.3) is 0 Å². The Morgan fingerprint density at radius 3 is 2.54 bits per heavy atom. The molecule has 1 atom stereocenters. The molecule has 0 aliphatic rings. The lowest BCUT2D eigenvalue weighted by molar-refractivity contribution is 0.0929. The normalized spacial score (nSPS) is 12.2. The minimum absolute atomic E-state index is 0.0383. The number of aromatic nitrogens is 4. The van der Waals surface area contributed by atoms with Gasteiger partial charge in [0.2, 0.25) is 0 Å². The zero-order valence-corrected chi connectivity index (χ0v) is 15.9. The average molecular weight is 372 g/mol. The summed E-state index contributed by atoms with van der Waals surface area (Å²) < 4.78 is 3.44. The van der Waals surface area contributed by atoms with Crippen LogP contribution in [0.5, 0.6) is 0 Å². The molecule has 2 heterocycles. The summed E-state index contributed by atoms with van der Waals surface area (Å²) in [5, 5.41) is 12.5. The molecule has 136 valence electrons. The van der Waals surface area contributed by atoms with Crippen molar-refractivity contribution < 1.29 is 4.79 Å². The number of carbonyl (C=O) groups excluding carboxylic acids is 1. The molecule has 0 bridgehead atoms. The highest BCUT2D eigenvalue weighted by Gasteiger charge is 2.16. The third kappa shape index (κ3) is 3.80. The van der Waals surface area contributed by atoms with Gasteiger partial charge in [-0.1, -0.05) is 48.9 Å². The van der Waals surface area contributed by atoms with E-state index in [2.05, 4.69) is 15.5 Å². The Morgan fingerprint density at radius 2 is 1.92 bits per heavy atom. The lowest BCUT2D eigenvalue weighted by atomic mass is 10.0. The molecule has 1 amide bonds. The molecule has 0 aliphatic carbocycles. The summed E-state index contributed by atoms with van der Waals surface area (Å²) in [5.74, 6) is -0.189. The van der Waals surface area contributed by atoms with Gasteiger partial charge < -0.3 is 5.32 Å². The maximum atomic E-state index is 12.5. The van der Waals surface area contributed by atoms with Gasteiger partial charge in [-0.2, -0.15) is 10.2 Å². The Labute approximate surface area is 157 Å². The molecule has 2 aromatic heterocycles. The molecule has 1 N–H and O–H groups in total. The van der Waals surface area contributed by atoms with E-state index in [0.29, 0.717) is 17.4 Å². The smallest absolute Gasteiger partial charge is 0.272 e. The number of hydrogen-bond acceptors (Lipinski definition) is 3. The fourth-order valence-electron chi connectivity index (χ4n) is 2.85. The quantitative estimate of drug-likeness (QED) is 0.717. The molecule has 1 unspecified atom stereocenters. The average Bonchev–Trinajstić information content (AvgIpc) is 3.21. The maximum Gasteiger partial charge on any atom is 0.272 e. The maximum absolute atomic E-state index is 12.5. The second-order valence-electron chi connectivity index (χ2n) is 6.21. The number of carbonyl (C=O) groups is 1. The summed E-state index contributed by atoms with van der Waals surface area (Å²) in [7, 11) is 0. The van der Waals surface area contributed by atoms with Crippen molar-refractivity contribution in [2.24, 2.45) is 0 Å². The zero-order chi connectivity index (χ0) is 18.7. The summed E-state index contributed by atoms with van der Waals surface area (Å²) in [6.07, 6.45) is 2.57. The van der Waals surface area contributed by atoms with E-state index in [4.69, 9.17) is 11.6 Å². The van der Waals surface area contributed by atoms with Crippen molar-refractivity contribution >= 4 is 17.5 Å². The van der Waals surface area contributed by atoms with Crippen LogP contribution in [0.4, 0.5) is 0 Å². The van der Waals surface area contributed by atoms with Gasteiger partial charge in [-0.3, -0.25) is 9.48 Å². The van der Waals surface area contributed by atoms with Crippen molar-refractivity contribution in [2.75, 3.05) is 0 Å². The van der Waals surface area contributed by atoms with Crippen molar-refractivity contribution in [1.29, 1.82) is 0 Å². The Hall–Kier alpha value is -2.60. The van der Waals surface area contributed by atoms with E-state index in [9.17, 15) is 4.79 Å². The Bertz CT molecular complexity index is 900. The van der Waals surface area contributed by atoms with Gasteiger partial charge in [-0.05, 0) is 31.9 Å². The first-order valence-electron chi connectivity index (χ1n) is 8.58. The number of aryl methyl sites for hydroxylation is 1. The van der Waals surface area contributed by atoms with Crippen LogP contribution in [0.1, 0.15) is 46.8 Å². The van der Waals surface area contributed by atoms with Gasteiger partial charge >= 0.3 is 0 Å². The summed E-state index contributed by atoms with van der Waals surface area (Å²) in [4.78, 5) is 12.5. The van der Waals surface area contributed by atoms with Crippen LogP contribution in [0.15, 0.2) is 42.6 Å². The fraction of sp³-hybridized carbons (Fsp3) is 0.316. The second kappa shape index (κ2) is 7.74. The van der Waals surface area contributed by atoms with Crippen LogP contribution in [0.3, 0.4) is 0 Å². The lowest BCUT2D eigenvalue weighted by Crippen LogP contribution is -2.28. The first-order valence-corrected chi connectivity index (χ1v) is 8.96. The van der Waals surface area contributed by atoms with Crippen LogP contribution in [-0.4, -0.2) is 25.5 Å². The van der Waals surface area contributed by atoms with Crippen molar-refractivity contribution in [1.82, 2.24) is 24.9 Å². The number of hydrogen-bond donors (Lipinski definition) is 1. The van der Waals surface area contributed by atoms with Gasteiger partial charge in [0.1, 0.15) is 12.4 Å². The monoisotopic (exact) mass is 371 g/mol. The van der Waals surface area contributed by atoms with E-state index >= 15 is 0 Å². The zero-order valence-electron chi connectivity index (χ0n) is 15.1. The van der Waals surface area contributed by atoms with Gasteiger partial charge in [-0.25, -0.2) is 4.68 Å². The Kier molecular flexibility index (Phi) is 5.42. The predicted molar refractivity (Wildman–Crippen MR) is 101 cm³/mol. The van der Waals surface area contributed by atoms with E-state index in [1.807, 2.05) is 51.1 Å². The highest BCUT2D eigenvalue weighted by atomic mass is 35.5. The number of nitrogens with zero attached hydrogens (tertiary/aromatic N) is 4. The minimum atomic E-state index is -0.189. The Balaban J connectivity index is 1.70. The molecule has 3 aromatic rings. The SMILES string of the molecule is CCC(NC(=O)c1ccn(Cn2nc(C)c(Cl)c2C)n1)c1ccccc1. The third-order valence-electron chi connectivity index (χ3n) is 4.36. The molecular formula is C19H22ClN5O. The molecule has 3 rings (SSSR count).